The summed E-state index contributed by atoms with van der Waals surface area (Å²) in [4.78, 5) is 5.76. The van der Waals surface area contributed by atoms with Gasteiger partial charge in [0.2, 0.25) is 0 Å². The predicted octanol–water partition coefficient (Wildman–Crippen LogP) is 4.99. The lowest BCUT2D eigenvalue weighted by Gasteiger charge is -2.12. The van der Waals surface area contributed by atoms with Crippen LogP contribution in [0.5, 0.6) is 0 Å². The first-order valence-corrected chi connectivity index (χ1v) is 8.64. The van der Waals surface area contributed by atoms with Crippen molar-refractivity contribution in [2.75, 3.05) is 0 Å². The number of oxime groups is 1. The normalized spacial score (nSPS) is 17.0. The topological polar surface area (TPSA) is 26.5 Å². The summed E-state index contributed by atoms with van der Waals surface area (Å²) in [6.07, 6.45) is 0.902. The molecule has 2 heterocycles. The van der Waals surface area contributed by atoms with Crippen molar-refractivity contribution >= 4 is 27.5 Å². The standard InChI is InChI=1S/C22H18N2O/c1-2-8-16(9-3-1)20-14-17(25-23-20)15-24-21-12-6-4-10-18(21)19-11-5-7-13-22(19)24/h1-13,17H,14-15H2/t17-/m0/s1. The first kappa shape index (κ1) is 14.3. The van der Waals surface area contributed by atoms with Crippen molar-refractivity contribution < 1.29 is 4.84 Å². The van der Waals surface area contributed by atoms with Crippen LogP contribution in [0.1, 0.15) is 12.0 Å². The summed E-state index contributed by atoms with van der Waals surface area (Å²) in [6.45, 7) is 0.799. The Hall–Kier alpha value is -3.07. The maximum absolute atomic E-state index is 5.76. The van der Waals surface area contributed by atoms with E-state index in [4.69, 9.17) is 4.84 Å². The van der Waals surface area contributed by atoms with Gasteiger partial charge in [-0.3, -0.25) is 0 Å². The van der Waals surface area contributed by atoms with Gasteiger partial charge in [-0.05, 0) is 17.7 Å². The average molecular weight is 326 g/mol. The molecule has 0 bridgehead atoms. The lowest BCUT2D eigenvalue weighted by molar-refractivity contribution is 0.0742. The zero-order valence-electron chi connectivity index (χ0n) is 13.8. The molecule has 0 aliphatic carbocycles. The van der Waals surface area contributed by atoms with Gasteiger partial charge in [-0.25, -0.2) is 0 Å². The van der Waals surface area contributed by atoms with E-state index in [1.165, 1.54) is 21.8 Å². The SMILES string of the molecule is c1ccc(C2=NO[C@H](Cn3c4ccccc4c4ccccc43)C2)cc1. The van der Waals surface area contributed by atoms with E-state index in [2.05, 4.69) is 70.4 Å². The van der Waals surface area contributed by atoms with Crippen LogP contribution in [-0.4, -0.2) is 16.4 Å². The molecule has 0 amide bonds. The van der Waals surface area contributed by atoms with Gasteiger partial charge in [-0.2, -0.15) is 0 Å². The van der Waals surface area contributed by atoms with Crippen molar-refractivity contribution in [3.63, 3.8) is 0 Å². The van der Waals surface area contributed by atoms with Gasteiger partial charge in [0.1, 0.15) is 0 Å². The molecular formula is C22H18N2O. The Bertz CT molecular complexity index is 1030. The molecule has 1 aromatic heterocycles. The number of hydrogen-bond donors (Lipinski definition) is 0. The molecule has 1 aliphatic heterocycles. The van der Waals surface area contributed by atoms with Crippen LogP contribution in [0.25, 0.3) is 21.8 Å². The molecule has 3 aromatic carbocycles. The lowest BCUT2D eigenvalue weighted by Crippen LogP contribution is -2.16. The fourth-order valence-corrected chi connectivity index (χ4v) is 3.73. The molecule has 1 aliphatic rings. The summed E-state index contributed by atoms with van der Waals surface area (Å²) in [5.41, 5.74) is 4.68. The highest BCUT2D eigenvalue weighted by molar-refractivity contribution is 6.08. The quantitative estimate of drug-likeness (QED) is 0.521. The van der Waals surface area contributed by atoms with Crippen LogP contribution in [0.2, 0.25) is 0 Å². The van der Waals surface area contributed by atoms with Crippen molar-refractivity contribution in [1.82, 2.24) is 4.57 Å². The summed E-state index contributed by atoms with van der Waals surface area (Å²) in [6, 6.07) is 27.4. The van der Waals surface area contributed by atoms with Gasteiger partial charge in [-0.1, -0.05) is 71.9 Å². The van der Waals surface area contributed by atoms with Crippen LogP contribution in [0.15, 0.2) is 84.0 Å². The first-order chi connectivity index (χ1) is 12.4. The third-order valence-corrected chi connectivity index (χ3v) is 4.91. The zero-order chi connectivity index (χ0) is 16.6. The molecule has 5 rings (SSSR count). The smallest absolute Gasteiger partial charge is 0.151 e. The van der Waals surface area contributed by atoms with E-state index in [0.29, 0.717) is 0 Å². The first-order valence-electron chi connectivity index (χ1n) is 8.64. The summed E-state index contributed by atoms with van der Waals surface area (Å²) in [5, 5.41) is 6.92. The Morgan fingerprint density at radius 3 is 2.08 bits per heavy atom. The number of aromatic nitrogens is 1. The number of para-hydroxylation sites is 2. The molecular weight excluding hydrogens is 308 g/mol. The van der Waals surface area contributed by atoms with E-state index in [9.17, 15) is 0 Å². The number of rotatable bonds is 3. The Morgan fingerprint density at radius 1 is 0.800 bits per heavy atom. The number of nitrogens with zero attached hydrogens (tertiary/aromatic N) is 2. The summed E-state index contributed by atoms with van der Waals surface area (Å²) >= 11 is 0. The second kappa shape index (κ2) is 5.78. The highest BCUT2D eigenvalue weighted by Crippen LogP contribution is 2.30. The molecule has 0 unspecified atom stereocenters. The molecule has 0 fully saturated rings. The molecule has 0 saturated carbocycles. The third kappa shape index (κ3) is 2.40. The Kier molecular flexibility index (Phi) is 3.30. The summed E-state index contributed by atoms with van der Waals surface area (Å²) in [5.74, 6) is 0. The molecule has 0 radical (unpaired) electrons. The summed E-state index contributed by atoms with van der Waals surface area (Å²) in [7, 11) is 0. The molecule has 122 valence electrons. The largest absolute Gasteiger partial charge is 0.390 e. The Labute approximate surface area is 146 Å². The molecule has 1 atom stereocenters. The van der Waals surface area contributed by atoms with Crippen LogP contribution in [0.4, 0.5) is 0 Å². The number of fused-ring (bicyclic) bond motifs is 3. The zero-order valence-corrected chi connectivity index (χ0v) is 13.8. The molecule has 0 spiro atoms. The van der Waals surface area contributed by atoms with E-state index in [0.717, 1.165) is 24.2 Å². The van der Waals surface area contributed by atoms with Crippen molar-refractivity contribution in [2.45, 2.75) is 19.1 Å². The third-order valence-electron chi connectivity index (χ3n) is 4.91. The molecule has 25 heavy (non-hydrogen) atoms. The molecule has 4 aromatic rings. The van der Waals surface area contributed by atoms with Crippen molar-refractivity contribution in [3.8, 4) is 0 Å². The van der Waals surface area contributed by atoms with Crippen LogP contribution in [0, 0.1) is 0 Å². The van der Waals surface area contributed by atoms with E-state index in [-0.39, 0.29) is 6.10 Å². The Morgan fingerprint density at radius 2 is 1.40 bits per heavy atom. The minimum absolute atomic E-state index is 0.0643. The van der Waals surface area contributed by atoms with E-state index in [1.807, 2.05) is 18.2 Å². The van der Waals surface area contributed by atoms with Gasteiger partial charge in [-0.15, -0.1) is 0 Å². The molecule has 3 heteroatoms. The fraction of sp³-hybridized carbons (Fsp3) is 0.136. The van der Waals surface area contributed by atoms with Gasteiger partial charge in [0.25, 0.3) is 0 Å². The Balaban J connectivity index is 1.49. The highest BCUT2D eigenvalue weighted by atomic mass is 16.6. The van der Waals surface area contributed by atoms with E-state index in [1.54, 1.807) is 0 Å². The van der Waals surface area contributed by atoms with Gasteiger partial charge < -0.3 is 9.40 Å². The minimum Gasteiger partial charge on any atom is -0.390 e. The maximum Gasteiger partial charge on any atom is 0.151 e. The van der Waals surface area contributed by atoms with E-state index < -0.39 is 0 Å². The van der Waals surface area contributed by atoms with Gasteiger partial charge in [0, 0.05) is 28.2 Å². The molecule has 0 saturated heterocycles. The van der Waals surface area contributed by atoms with Crippen molar-refractivity contribution in [1.29, 1.82) is 0 Å². The van der Waals surface area contributed by atoms with Crippen LogP contribution in [-0.2, 0) is 11.4 Å². The van der Waals surface area contributed by atoms with E-state index >= 15 is 0 Å². The monoisotopic (exact) mass is 326 g/mol. The predicted molar refractivity (Wildman–Crippen MR) is 102 cm³/mol. The number of hydrogen-bond acceptors (Lipinski definition) is 2. The van der Waals surface area contributed by atoms with Crippen molar-refractivity contribution in [3.05, 3.63) is 84.4 Å². The summed E-state index contributed by atoms with van der Waals surface area (Å²) < 4.78 is 2.36. The van der Waals surface area contributed by atoms with Gasteiger partial charge >= 0.3 is 0 Å². The minimum atomic E-state index is 0.0643. The lowest BCUT2D eigenvalue weighted by atomic mass is 10.1. The average Bonchev–Trinajstić information content (AvgIpc) is 3.27. The van der Waals surface area contributed by atoms with Crippen LogP contribution >= 0.6 is 0 Å². The van der Waals surface area contributed by atoms with Gasteiger partial charge in [0.05, 0.1) is 12.3 Å². The molecule has 3 nitrogen and oxygen atoms in total. The fourth-order valence-electron chi connectivity index (χ4n) is 3.73. The maximum atomic E-state index is 5.76. The second-order valence-electron chi connectivity index (χ2n) is 6.48. The van der Waals surface area contributed by atoms with Gasteiger partial charge in [0.15, 0.2) is 6.10 Å². The molecule has 0 N–H and O–H groups in total. The highest BCUT2D eigenvalue weighted by Gasteiger charge is 2.24. The number of benzene rings is 3. The van der Waals surface area contributed by atoms with Crippen molar-refractivity contribution in [2.24, 2.45) is 5.16 Å². The second-order valence-corrected chi connectivity index (χ2v) is 6.48. The van der Waals surface area contributed by atoms with Crippen LogP contribution in [0.3, 0.4) is 0 Å². The van der Waals surface area contributed by atoms with Crippen LogP contribution < -0.4 is 0 Å².